The number of nitrogens with one attached hydrogen (secondary N) is 1. The molecule has 5 heteroatoms. The van der Waals surface area contributed by atoms with Gasteiger partial charge in [0.25, 0.3) is 0 Å². The molecule has 0 spiro atoms. The van der Waals surface area contributed by atoms with E-state index in [0.29, 0.717) is 5.82 Å². The van der Waals surface area contributed by atoms with Crippen molar-refractivity contribution in [3.63, 3.8) is 0 Å². The number of hydrogen-bond acceptors (Lipinski definition) is 5. The molecule has 1 N–H and O–H groups in total. The average molecular weight is 223 g/mol. The Balaban J connectivity index is 2.62. The van der Waals surface area contributed by atoms with Gasteiger partial charge in [0.1, 0.15) is 5.82 Å². The number of esters is 1. The van der Waals surface area contributed by atoms with Crippen LogP contribution in [0.25, 0.3) is 0 Å². The van der Waals surface area contributed by atoms with Crippen LogP contribution < -0.4 is 5.32 Å². The Hall–Kier alpha value is -1.65. The summed E-state index contributed by atoms with van der Waals surface area (Å²) in [5.74, 6) is 0.178. The van der Waals surface area contributed by atoms with Crippen molar-refractivity contribution in [3.8, 4) is 0 Å². The number of ether oxygens (including phenoxy) is 1. The molecule has 1 aromatic heterocycles. The molecule has 0 radical (unpaired) electrons. The number of nitrogens with zero attached hydrogens (tertiary/aromatic N) is 2. The Labute approximate surface area is 95.3 Å². The lowest BCUT2D eigenvalue weighted by Crippen LogP contribution is -2.19. The Kier molecular flexibility index (Phi) is 3.82. The minimum atomic E-state index is -0.477. The zero-order chi connectivity index (χ0) is 12.2. The van der Waals surface area contributed by atoms with Crippen molar-refractivity contribution in [2.45, 2.75) is 20.8 Å². The number of anilines is 1. The van der Waals surface area contributed by atoms with Crippen molar-refractivity contribution < 1.29 is 9.53 Å². The summed E-state index contributed by atoms with van der Waals surface area (Å²) in [5.41, 5.74) is 0.381. The van der Waals surface area contributed by atoms with Gasteiger partial charge in [0.05, 0.1) is 19.5 Å². The van der Waals surface area contributed by atoms with Crippen molar-refractivity contribution in [2.75, 3.05) is 19.0 Å². The summed E-state index contributed by atoms with van der Waals surface area (Å²) in [6, 6.07) is 0. The monoisotopic (exact) mass is 223 g/mol. The second kappa shape index (κ2) is 4.92. The minimum Gasteiger partial charge on any atom is -0.464 e. The van der Waals surface area contributed by atoms with Crippen LogP contribution in [0.15, 0.2) is 12.4 Å². The summed E-state index contributed by atoms with van der Waals surface area (Å²) in [4.78, 5) is 19.1. The summed E-state index contributed by atoms with van der Waals surface area (Å²) in [6.07, 6.45) is 2.93. The molecule has 0 amide bonds. The minimum absolute atomic E-state index is 0.169. The number of methoxy groups -OCH3 is 1. The van der Waals surface area contributed by atoms with Crippen molar-refractivity contribution in [1.82, 2.24) is 9.97 Å². The van der Waals surface area contributed by atoms with E-state index >= 15 is 0 Å². The second-order valence-electron chi connectivity index (χ2n) is 4.69. The van der Waals surface area contributed by atoms with E-state index in [1.165, 1.54) is 19.5 Å². The van der Waals surface area contributed by atoms with E-state index in [-0.39, 0.29) is 11.1 Å². The summed E-state index contributed by atoms with van der Waals surface area (Å²) in [7, 11) is 1.32. The molecule has 1 rings (SSSR count). The molecule has 5 nitrogen and oxygen atoms in total. The highest BCUT2D eigenvalue weighted by atomic mass is 16.5. The maximum absolute atomic E-state index is 11.1. The fourth-order valence-electron chi connectivity index (χ4n) is 0.985. The first-order valence-corrected chi connectivity index (χ1v) is 5.06. The predicted molar refractivity (Wildman–Crippen MR) is 61.3 cm³/mol. The SMILES string of the molecule is COC(=O)c1cnc(NCC(C)(C)C)cn1. The molecule has 1 heterocycles. The van der Waals surface area contributed by atoms with Crippen LogP contribution in [0.3, 0.4) is 0 Å². The fourth-order valence-corrected chi connectivity index (χ4v) is 0.985. The van der Waals surface area contributed by atoms with Crippen molar-refractivity contribution in [1.29, 1.82) is 0 Å². The highest BCUT2D eigenvalue weighted by Gasteiger charge is 2.11. The van der Waals surface area contributed by atoms with Crippen LogP contribution in [0, 0.1) is 5.41 Å². The van der Waals surface area contributed by atoms with E-state index in [9.17, 15) is 4.79 Å². The lowest BCUT2D eigenvalue weighted by atomic mass is 9.97. The van der Waals surface area contributed by atoms with Gasteiger partial charge in [-0.05, 0) is 5.41 Å². The first-order valence-electron chi connectivity index (χ1n) is 5.06. The first-order chi connectivity index (χ1) is 7.42. The molecule has 0 saturated heterocycles. The van der Waals surface area contributed by atoms with Crippen LogP contribution in [-0.4, -0.2) is 29.6 Å². The third-order valence-corrected chi connectivity index (χ3v) is 1.85. The zero-order valence-electron chi connectivity index (χ0n) is 10.1. The van der Waals surface area contributed by atoms with E-state index < -0.39 is 5.97 Å². The smallest absolute Gasteiger partial charge is 0.358 e. The molecule has 0 unspecified atom stereocenters. The number of hydrogen-bond donors (Lipinski definition) is 1. The third-order valence-electron chi connectivity index (χ3n) is 1.85. The topological polar surface area (TPSA) is 64.1 Å². The molecule has 16 heavy (non-hydrogen) atoms. The van der Waals surface area contributed by atoms with Gasteiger partial charge in [-0.1, -0.05) is 20.8 Å². The van der Waals surface area contributed by atoms with Crippen LogP contribution in [0.1, 0.15) is 31.3 Å². The van der Waals surface area contributed by atoms with E-state index in [2.05, 4.69) is 40.8 Å². The maximum Gasteiger partial charge on any atom is 0.358 e. The molecule has 0 bridgehead atoms. The molecular formula is C11H17N3O2. The van der Waals surface area contributed by atoms with Gasteiger partial charge in [-0.25, -0.2) is 14.8 Å². The van der Waals surface area contributed by atoms with Gasteiger partial charge in [-0.2, -0.15) is 0 Å². The molecule has 0 aromatic carbocycles. The average Bonchev–Trinajstić information content (AvgIpc) is 2.25. The van der Waals surface area contributed by atoms with Gasteiger partial charge in [-0.3, -0.25) is 0 Å². The van der Waals surface area contributed by atoms with Crippen LogP contribution in [0.2, 0.25) is 0 Å². The summed E-state index contributed by atoms with van der Waals surface area (Å²) < 4.78 is 4.53. The van der Waals surface area contributed by atoms with Crippen molar-refractivity contribution in [2.24, 2.45) is 5.41 Å². The number of rotatable bonds is 3. The van der Waals surface area contributed by atoms with Crippen LogP contribution in [0.5, 0.6) is 0 Å². The largest absolute Gasteiger partial charge is 0.464 e. The quantitative estimate of drug-likeness (QED) is 0.790. The molecule has 0 atom stereocenters. The van der Waals surface area contributed by atoms with E-state index in [4.69, 9.17) is 0 Å². The Morgan fingerprint density at radius 2 is 2.06 bits per heavy atom. The Bertz CT molecular complexity index is 354. The van der Waals surface area contributed by atoms with Gasteiger partial charge in [0.2, 0.25) is 0 Å². The van der Waals surface area contributed by atoms with E-state index in [1.54, 1.807) is 0 Å². The van der Waals surface area contributed by atoms with E-state index in [1.807, 2.05) is 0 Å². The van der Waals surface area contributed by atoms with Crippen molar-refractivity contribution in [3.05, 3.63) is 18.1 Å². The fraction of sp³-hybridized carbons (Fsp3) is 0.545. The zero-order valence-corrected chi connectivity index (χ0v) is 10.1. The molecule has 1 aromatic rings. The third kappa shape index (κ3) is 3.84. The summed E-state index contributed by atoms with van der Waals surface area (Å²) >= 11 is 0. The first kappa shape index (κ1) is 12.4. The number of carbonyl (C=O) groups is 1. The molecular weight excluding hydrogens is 206 g/mol. The van der Waals surface area contributed by atoms with E-state index in [0.717, 1.165) is 6.54 Å². The van der Waals surface area contributed by atoms with Gasteiger partial charge in [0, 0.05) is 6.54 Å². The number of aromatic nitrogens is 2. The number of carbonyl (C=O) groups excluding carboxylic acids is 1. The van der Waals surface area contributed by atoms with Crippen LogP contribution in [0.4, 0.5) is 5.82 Å². The maximum atomic E-state index is 11.1. The molecule has 88 valence electrons. The normalized spacial score (nSPS) is 11.0. The van der Waals surface area contributed by atoms with Crippen molar-refractivity contribution >= 4 is 11.8 Å². The summed E-state index contributed by atoms with van der Waals surface area (Å²) in [6.45, 7) is 7.15. The van der Waals surface area contributed by atoms with Gasteiger partial charge < -0.3 is 10.1 Å². The lowest BCUT2D eigenvalue weighted by Gasteiger charge is -2.18. The predicted octanol–water partition coefficient (Wildman–Crippen LogP) is 1.72. The molecule has 0 aliphatic rings. The highest BCUT2D eigenvalue weighted by Crippen LogP contribution is 2.13. The Morgan fingerprint density at radius 1 is 1.38 bits per heavy atom. The van der Waals surface area contributed by atoms with Gasteiger partial charge in [0.15, 0.2) is 5.69 Å². The molecule has 0 aliphatic heterocycles. The van der Waals surface area contributed by atoms with Crippen LogP contribution in [-0.2, 0) is 4.74 Å². The Morgan fingerprint density at radius 3 is 2.50 bits per heavy atom. The summed E-state index contributed by atoms with van der Waals surface area (Å²) in [5, 5.41) is 3.14. The molecule has 0 saturated carbocycles. The molecule has 0 fully saturated rings. The van der Waals surface area contributed by atoms with Gasteiger partial charge >= 0.3 is 5.97 Å². The van der Waals surface area contributed by atoms with Crippen LogP contribution >= 0.6 is 0 Å². The standard InChI is InChI=1S/C11H17N3O2/c1-11(2,3)7-14-9-6-12-8(5-13-9)10(15)16-4/h5-6H,7H2,1-4H3,(H,13,14). The lowest BCUT2D eigenvalue weighted by molar-refractivity contribution is 0.0593. The highest BCUT2D eigenvalue weighted by molar-refractivity contribution is 5.86. The van der Waals surface area contributed by atoms with Gasteiger partial charge in [-0.15, -0.1) is 0 Å². The molecule has 0 aliphatic carbocycles. The second-order valence-corrected chi connectivity index (χ2v) is 4.69.